The van der Waals surface area contributed by atoms with Crippen LogP contribution in [0.3, 0.4) is 0 Å². The number of aromatic nitrogens is 3. The number of halogens is 1. The lowest BCUT2D eigenvalue weighted by Gasteiger charge is -2.07. The molecule has 1 amide bonds. The van der Waals surface area contributed by atoms with E-state index >= 15 is 0 Å². The molecule has 0 saturated carbocycles. The second kappa shape index (κ2) is 7.23. The number of hydrogen-bond donors (Lipinski definition) is 1. The van der Waals surface area contributed by atoms with E-state index in [2.05, 4.69) is 20.5 Å². The van der Waals surface area contributed by atoms with Crippen molar-refractivity contribution in [1.82, 2.24) is 15.2 Å². The summed E-state index contributed by atoms with van der Waals surface area (Å²) in [5, 5.41) is 11.4. The van der Waals surface area contributed by atoms with Gasteiger partial charge in [-0.25, -0.2) is 0 Å². The number of carbonyl (C=O) groups is 1. The summed E-state index contributed by atoms with van der Waals surface area (Å²) in [6.07, 6.45) is 3.93. The molecule has 0 unspecified atom stereocenters. The summed E-state index contributed by atoms with van der Waals surface area (Å²) in [4.78, 5) is 16.0. The van der Waals surface area contributed by atoms with E-state index in [-0.39, 0.29) is 12.3 Å². The molecule has 1 aromatic carbocycles. The van der Waals surface area contributed by atoms with Gasteiger partial charge < -0.3 is 9.73 Å². The number of nitrogens with zero attached hydrogens (tertiary/aromatic N) is 3. The molecule has 0 bridgehead atoms. The van der Waals surface area contributed by atoms with Gasteiger partial charge in [-0.2, -0.15) is 0 Å². The van der Waals surface area contributed by atoms with Gasteiger partial charge in [0.1, 0.15) is 0 Å². The molecule has 0 fully saturated rings. The Morgan fingerprint density at radius 3 is 2.75 bits per heavy atom. The lowest BCUT2D eigenvalue weighted by molar-refractivity contribution is -0.116. The summed E-state index contributed by atoms with van der Waals surface area (Å²) < 4.78 is 5.56. The van der Waals surface area contributed by atoms with E-state index in [4.69, 9.17) is 16.0 Å². The number of benzene rings is 1. The van der Waals surface area contributed by atoms with Crippen molar-refractivity contribution < 1.29 is 9.21 Å². The van der Waals surface area contributed by atoms with Crippen LogP contribution in [0.5, 0.6) is 0 Å². The molecule has 3 rings (SSSR count). The maximum absolute atomic E-state index is 12.1. The molecule has 0 aliphatic carbocycles. The summed E-state index contributed by atoms with van der Waals surface area (Å²) in [7, 11) is 0. The van der Waals surface area contributed by atoms with E-state index in [9.17, 15) is 4.79 Å². The molecular formula is C17H15ClN4O2. The van der Waals surface area contributed by atoms with Crippen molar-refractivity contribution in [1.29, 1.82) is 0 Å². The predicted octanol–water partition coefficient (Wildman–Crippen LogP) is 3.66. The Hall–Kier alpha value is -2.73. The van der Waals surface area contributed by atoms with E-state index in [1.165, 1.54) is 0 Å². The van der Waals surface area contributed by atoms with Crippen molar-refractivity contribution in [2.24, 2.45) is 0 Å². The van der Waals surface area contributed by atoms with Crippen LogP contribution in [0.4, 0.5) is 5.69 Å². The minimum atomic E-state index is -0.121. The van der Waals surface area contributed by atoms with Crippen LogP contribution in [-0.4, -0.2) is 21.1 Å². The van der Waals surface area contributed by atoms with Crippen molar-refractivity contribution >= 4 is 23.2 Å². The highest BCUT2D eigenvalue weighted by molar-refractivity contribution is 6.30. The summed E-state index contributed by atoms with van der Waals surface area (Å²) in [5.74, 6) is 0.718. The van der Waals surface area contributed by atoms with E-state index in [1.54, 1.807) is 42.7 Å². The lowest BCUT2D eigenvalue weighted by atomic mass is 10.2. The van der Waals surface area contributed by atoms with Crippen molar-refractivity contribution in [2.75, 3.05) is 5.32 Å². The molecule has 7 heteroatoms. The van der Waals surface area contributed by atoms with E-state index < -0.39 is 0 Å². The van der Waals surface area contributed by atoms with Crippen LogP contribution in [0.15, 0.2) is 47.1 Å². The third-order valence-corrected chi connectivity index (χ3v) is 3.66. The number of anilines is 1. The molecule has 1 N–H and O–H groups in total. The Morgan fingerprint density at radius 2 is 2.00 bits per heavy atom. The van der Waals surface area contributed by atoms with Gasteiger partial charge in [-0.15, -0.1) is 10.2 Å². The summed E-state index contributed by atoms with van der Waals surface area (Å²) in [5.41, 5.74) is 2.45. The number of aryl methyl sites for hydroxylation is 2. The molecule has 2 aromatic heterocycles. The van der Waals surface area contributed by atoms with Crippen LogP contribution < -0.4 is 5.32 Å². The Bertz CT molecular complexity index is 849. The molecule has 24 heavy (non-hydrogen) atoms. The number of rotatable bonds is 5. The highest BCUT2D eigenvalue weighted by Gasteiger charge is 2.11. The van der Waals surface area contributed by atoms with E-state index in [0.717, 1.165) is 16.8 Å². The standard InChI is InChI=1S/C17H15ClN4O2/c1-11-10-13(18)2-3-14(11)20-15(23)4-5-16-21-22-17(24-16)12-6-8-19-9-7-12/h2-3,6-10H,4-5H2,1H3,(H,20,23). The maximum Gasteiger partial charge on any atom is 0.247 e. The minimum absolute atomic E-state index is 0.121. The van der Waals surface area contributed by atoms with Crippen LogP contribution in [0.1, 0.15) is 17.9 Å². The van der Waals surface area contributed by atoms with Crippen molar-refractivity contribution in [3.05, 3.63) is 59.2 Å². The first kappa shape index (κ1) is 16.1. The number of pyridine rings is 1. The Balaban J connectivity index is 1.58. The predicted molar refractivity (Wildman–Crippen MR) is 90.7 cm³/mol. The zero-order valence-electron chi connectivity index (χ0n) is 13.0. The first-order valence-electron chi connectivity index (χ1n) is 7.40. The molecule has 0 aliphatic rings. The quantitative estimate of drug-likeness (QED) is 0.765. The highest BCUT2D eigenvalue weighted by atomic mass is 35.5. The van der Waals surface area contributed by atoms with Crippen LogP contribution in [0.2, 0.25) is 5.02 Å². The molecule has 0 atom stereocenters. The molecule has 0 radical (unpaired) electrons. The monoisotopic (exact) mass is 342 g/mol. The highest BCUT2D eigenvalue weighted by Crippen LogP contribution is 2.20. The van der Waals surface area contributed by atoms with E-state index in [0.29, 0.717) is 23.2 Å². The van der Waals surface area contributed by atoms with Gasteiger partial charge in [-0.3, -0.25) is 9.78 Å². The smallest absolute Gasteiger partial charge is 0.247 e. The van der Waals surface area contributed by atoms with Crippen LogP contribution in [0, 0.1) is 6.92 Å². The normalized spacial score (nSPS) is 10.6. The fourth-order valence-electron chi connectivity index (χ4n) is 2.17. The third-order valence-electron chi connectivity index (χ3n) is 3.42. The summed E-state index contributed by atoms with van der Waals surface area (Å²) in [6, 6.07) is 8.89. The van der Waals surface area contributed by atoms with Crippen LogP contribution >= 0.6 is 11.6 Å². The van der Waals surface area contributed by atoms with Crippen molar-refractivity contribution in [3.8, 4) is 11.5 Å². The van der Waals surface area contributed by atoms with Gasteiger partial charge in [0.25, 0.3) is 0 Å². The van der Waals surface area contributed by atoms with Gasteiger partial charge >= 0.3 is 0 Å². The number of amides is 1. The van der Waals surface area contributed by atoms with Gasteiger partial charge in [-0.1, -0.05) is 11.6 Å². The van der Waals surface area contributed by atoms with E-state index in [1.807, 2.05) is 6.92 Å². The van der Waals surface area contributed by atoms with Gasteiger partial charge in [0, 0.05) is 41.5 Å². The summed E-state index contributed by atoms with van der Waals surface area (Å²) >= 11 is 5.90. The Kier molecular flexibility index (Phi) is 4.86. The average Bonchev–Trinajstić information content (AvgIpc) is 3.05. The fraction of sp³-hybridized carbons (Fsp3) is 0.176. The molecule has 122 valence electrons. The van der Waals surface area contributed by atoms with Gasteiger partial charge in [0.05, 0.1) is 0 Å². The first-order valence-corrected chi connectivity index (χ1v) is 7.78. The largest absolute Gasteiger partial charge is 0.421 e. The molecule has 0 saturated heterocycles. The first-order chi connectivity index (χ1) is 11.6. The summed E-state index contributed by atoms with van der Waals surface area (Å²) in [6.45, 7) is 1.89. The third kappa shape index (κ3) is 3.97. The molecular weight excluding hydrogens is 328 g/mol. The SMILES string of the molecule is Cc1cc(Cl)ccc1NC(=O)CCc1nnc(-c2ccncc2)o1. The lowest BCUT2D eigenvalue weighted by Crippen LogP contribution is -2.13. The topological polar surface area (TPSA) is 80.9 Å². The maximum atomic E-state index is 12.1. The second-order valence-electron chi connectivity index (χ2n) is 5.24. The average molecular weight is 343 g/mol. The molecule has 3 aromatic rings. The molecule has 2 heterocycles. The number of hydrogen-bond acceptors (Lipinski definition) is 5. The Labute approximate surface area is 143 Å². The van der Waals surface area contributed by atoms with Gasteiger partial charge in [-0.05, 0) is 42.8 Å². The van der Waals surface area contributed by atoms with Crippen molar-refractivity contribution in [2.45, 2.75) is 19.8 Å². The van der Waals surface area contributed by atoms with Gasteiger partial charge in [0.15, 0.2) is 0 Å². The van der Waals surface area contributed by atoms with Gasteiger partial charge in [0.2, 0.25) is 17.7 Å². The number of nitrogens with one attached hydrogen (secondary N) is 1. The van der Waals surface area contributed by atoms with Crippen LogP contribution in [-0.2, 0) is 11.2 Å². The molecule has 6 nitrogen and oxygen atoms in total. The molecule has 0 spiro atoms. The second-order valence-corrected chi connectivity index (χ2v) is 5.68. The minimum Gasteiger partial charge on any atom is -0.421 e. The van der Waals surface area contributed by atoms with Crippen LogP contribution in [0.25, 0.3) is 11.5 Å². The Morgan fingerprint density at radius 1 is 1.21 bits per heavy atom. The number of carbonyl (C=O) groups excluding carboxylic acids is 1. The fourth-order valence-corrected chi connectivity index (χ4v) is 2.39. The van der Waals surface area contributed by atoms with Crippen molar-refractivity contribution in [3.63, 3.8) is 0 Å². The zero-order valence-corrected chi connectivity index (χ0v) is 13.7. The zero-order chi connectivity index (χ0) is 16.9. The molecule has 0 aliphatic heterocycles.